The fourth-order valence-corrected chi connectivity index (χ4v) is 2.51. The number of aryl methyl sites for hydroxylation is 1. The van der Waals surface area contributed by atoms with Gasteiger partial charge in [-0.1, -0.05) is 49.7 Å². The van der Waals surface area contributed by atoms with E-state index in [-0.39, 0.29) is 6.10 Å². The number of nitrogens with one attached hydrogen (secondary N) is 1. The Labute approximate surface area is 120 Å². The van der Waals surface area contributed by atoms with Crippen molar-refractivity contribution in [3.8, 4) is 5.75 Å². The largest absolute Gasteiger partial charge is 0.482 e. The van der Waals surface area contributed by atoms with Crippen molar-refractivity contribution < 1.29 is 4.74 Å². The van der Waals surface area contributed by atoms with E-state index in [2.05, 4.69) is 68.6 Å². The molecule has 1 aliphatic heterocycles. The molecule has 3 rings (SSSR count). The molecule has 2 heteroatoms. The molecule has 1 unspecified atom stereocenters. The van der Waals surface area contributed by atoms with Crippen molar-refractivity contribution in [2.24, 2.45) is 0 Å². The van der Waals surface area contributed by atoms with Crippen molar-refractivity contribution in [3.05, 3.63) is 59.2 Å². The van der Waals surface area contributed by atoms with Gasteiger partial charge in [0.15, 0.2) is 0 Å². The van der Waals surface area contributed by atoms with Crippen molar-refractivity contribution in [1.82, 2.24) is 0 Å². The monoisotopic (exact) mass is 267 g/mol. The molecule has 0 aliphatic carbocycles. The van der Waals surface area contributed by atoms with Gasteiger partial charge in [0.2, 0.25) is 0 Å². The third kappa shape index (κ3) is 2.51. The van der Waals surface area contributed by atoms with Crippen LogP contribution in [0.1, 0.15) is 42.6 Å². The van der Waals surface area contributed by atoms with Crippen molar-refractivity contribution >= 4 is 5.69 Å². The molecule has 0 amide bonds. The molecule has 2 aromatic rings. The number of fused-ring (bicyclic) bond motifs is 1. The van der Waals surface area contributed by atoms with Gasteiger partial charge in [-0.3, -0.25) is 0 Å². The van der Waals surface area contributed by atoms with Crippen LogP contribution in [-0.4, -0.2) is 6.54 Å². The zero-order chi connectivity index (χ0) is 14.1. The lowest BCUT2D eigenvalue weighted by Gasteiger charge is -2.28. The molecule has 1 N–H and O–H groups in total. The molecule has 0 saturated heterocycles. The fourth-order valence-electron chi connectivity index (χ4n) is 2.51. The summed E-state index contributed by atoms with van der Waals surface area (Å²) in [5.41, 5.74) is 4.95. The molecule has 1 heterocycles. The lowest BCUT2D eigenvalue weighted by Crippen LogP contribution is -2.23. The molecule has 0 aromatic heterocycles. The molecule has 0 saturated carbocycles. The predicted octanol–water partition coefficient (Wildman–Crippen LogP) is 4.66. The highest BCUT2D eigenvalue weighted by Gasteiger charge is 2.21. The van der Waals surface area contributed by atoms with E-state index in [9.17, 15) is 0 Å². The van der Waals surface area contributed by atoms with Gasteiger partial charge in [-0.25, -0.2) is 0 Å². The molecule has 1 atom stereocenters. The van der Waals surface area contributed by atoms with Crippen LogP contribution in [0.5, 0.6) is 5.75 Å². The van der Waals surface area contributed by atoms with E-state index >= 15 is 0 Å². The summed E-state index contributed by atoms with van der Waals surface area (Å²) in [6.45, 7) is 7.34. The van der Waals surface area contributed by atoms with Gasteiger partial charge in [-0.2, -0.15) is 0 Å². The molecule has 0 radical (unpaired) electrons. The van der Waals surface area contributed by atoms with Crippen molar-refractivity contribution in [2.75, 3.05) is 11.9 Å². The first-order chi connectivity index (χ1) is 9.63. The minimum atomic E-state index is 0.0907. The summed E-state index contributed by atoms with van der Waals surface area (Å²) < 4.78 is 6.13. The maximum absolute atomic E-state index is 6.13. The van der Waals surface area contributed by atoms with Crippen molar-refractivity contribution in [2.45, 2.75) is 32.8 Å². The summed E-state index contributed by atoms with van der Waals surface area (Å²) in [5.74, 6) is 1.49. The Morgan fingerprint density at radius 2 is 1.85 bits per heavy atom. The average molecular weight is 267 g/mol. The zero-order valence-corrected chi connectivity index (χ0v) is 12.3. The van der Waals surface area contributed by atoms with Crippen LogP contribution >= 0.6 is 0 Å². The number of rotatable bonds is 2. The van der Waals surface area contributed by atoms with Crippen molar-refractivity contribution in [1.29, 1.82) is 0 Å². The summed E-state index contributed by atoms with van der Waals surface area (Å²) >= 11 is 0. The predicted molar refractivity (Wildman–Crippen MR) is 83.6 cm³/mol. The van der Waals surface area contributed by atoms with Crippen LogP contribution in [0.15, 0.2) is 42.5 Å². The van der Waals surface area contributed by atoms with Gasteiger partial charge in [0.25, 0.3) is 0 Å². The lowest BCUT2D eigenvalue weighted by atomic mass is 10.0. The van der Waals surface area contributed by atoms with Gasteiger partial charge in [0, 0.05) is 0 Å². The van der Waals surface area contributed by atoms with E-state index < -0.39 is 0 Å². The fraction of sp³-hybridized carbons (Fsp3) is 0.333. The quantitative estimate of drug-likeness (QED) is 0.854. The Kier molecular flexibility index (Phi) is 3.39. The topological polar surface area (TPSA) is 21.3 Å². The second-order valence-corrected chi connectivity index (χ2v) is 5.81. The van der Waals surface area contributed by atoms with E-state index in [0.29, 0.717) is 5.92 Å². The van der Waals surface area contributed by atoms with Gasteiger partial charge < -0.3 is 10.1 Å². The van der Waals surface area contributed by atoms with Gasteiger partial charge in [0.05, 0.1) is 12.2 Å². The van der Waals surface area contributed by atoms with E-state index in [0.717, 1.165) is 18.0 Å². The third-order valence-electron chi connectivity index (χ3n) is 3.87. The molecule has 1 aliphatic rings. The average Bonchev–Trinajstić information content (AvgIpc) is 2.47. The SMILES string of the molecule is Cc1ccc(C2CNc3cc(C(C)C)ccc3O2)cc1. The Bertz CT molecular complexity index is 601. The smallest absolute Gasteiger partial charge is 0.143 e. The van der Waals surface area contributed by atoms with Gasteiger partial charge >= 0.3 is 0 Å². The molecule has 0 bridgehead atoms. The van der Waals surface area contributed by atoms with Crippen LogP contribution in [0.4, 0.5) is 5.69 Å². The van der Waals surface area contributed by atoms with Gasteiger partial charge in [0.1, 0.15) is 11.9 Å². The van der Waals surface area contributed by atoms with Crippen LogP contribution in [0.3, 0.4) is 0 Å². The van der Waals surface area contributed by atoms with Crippen LogP contribution in [0.2, 0.25) is 0 Å². The third-order valence-corrected chi connectivity index (χ3v) is 3.87. The van der Waals surface area contributed by atoms with Gasteiger partial charge in [-0.15, -0.1) is 0 Å². The number of ether oxygens (including phenoxy) is 1. The molecule has 0 fully saturated rings. The number of hydrogen-bond acceptors (Lipinski definition) is 2. The highest BCUT2D eigenvalue weighted by atomic mass is 16.5. The normalized spacial score (nSPS) is 17.3. The van der Waals surface area contributed by atoms with Gasteiger partial charge in [-0.05, 0) is 36.1 Å². The summed E-state index contributed by atoms with van der Waals surface area (Å²) in [5, 5.41) is 3.50. The molecular weight excluding hydrogens is 246 g/mol. The first kappa shape index (κ1) is 13.0. The number of anilines is 1. The van der Waals surface area contributed by atoms with Crippen LogP contribution in [0, 0.1) is 6.92 Å². The highest BCUT2D eigenvalue weighted by Crippen LogP contribution is 2.36. The van der Waals surface area contributed by atoms with E-state index in [1.807, 2.05) is 0 Å². The summed E-state index contributed by atoms with van der Waals surface area (Å²) in [7, 11) is 0. The van der Waals surface area contributed by atoms with E-state index in [1.54, 1.807) is 0 Å². The van der Waals surface area contributed by atoms with Crippen molar-refractivity contribution in [3.63, 3.8) is 0 Å². The summed E-state index contributed by atoms with van der Waals surface area (Å²) in [6.07, 6.45) is 0.0907. The first-order valence-corrected chi connectivity index (χ1v) is 7.24. The maximum Gasteiger partial charge on any atom is 0.143 e. The summed E-state index contributed by atoms with van der Waals surface area (Å²) in [4.78, 5) is 0. The first-order valence-electron chi connectivity index (χ1n) is 7.24. The second-order valence-electron chi connectivity index (χ2n) is 5.81. The molecule has 2 aromatic carbocycles. The van der Waals surface area contributed by atoms with E-state index in [1.165, 1.54) is 16.7 Å². The van der Waals surface area contributed by atoms with Crippen LogP contribution < -0.4 is 10.1 Å². The van der Waals surface area contributed by atoms with Crippen LogP contribution in [0.25, 0.3) is 0 Å². The summed E-state index contributed by atoms with van der Waals surface area (Å²) in [6, 6.07) is 15.0. The lowest BCUT2D eigenvalue weighted by molar-refractivity contribution is 0.210. The molecular formula is C18H21NO. The standard InChI is InChI=1S/C18H21NO/c1-12(2)15-8-9-17-16(10-15)19-11-18(20-17)14-6-4-13(3)5-7-14/h4-10,12,18-19H,11H2,1-3H3. The highest BCUT2D eigenvalue weighted by molar-refractivity contribution is 5.60. The molecule has 20 heavy (non-hydrogen) atoms. The molecule has 0 spiro atoms. The maximum atomic E-state index is 6.13. The Morgan fingerprint density at radius 1 is 1.10 bits per heavy atom. The molecule has 2 nitrogen and oxygen atoms in total. The minimum Gasteiger partial charge on any atom is -0.482 e. The second kappa shape index (κ2) is 5.20. The Balaban J connectivity index is 1.83. The minimum absolute atomic E-state index is 0.0907. The number of hydrogen-bond donors (Lipinski definition) is 1. The van der Waals surface area contributed by atoms with E-state index in [4.69, 9.17) is 4.74 Å². The van der Waals surface area contributed by atoms with Crippen LogP contribution in [-0.2, 0) is 0 Å². The Hall–Kier alpha value is -1.96. The number of benzene rings is 2. The zero-order valence-electron chi connectivity index (χ0n) is 12.3. The molecule has 104 valence electrons. The Morgan fingerprint density at radius 3 is 2.55 bits per heavy atom.